The zero-order valence-electron chi connectivity index (χ0n) is 14.6. The summed E-state index contributed by atoms with van der Waals surface area (Å²) in [7, 11) is -1.76. The number of benzene rings is 3. The molecule has 0 radical (unpaired) electrons. The third-order valence-corrected chi connectivity index (χ3v) is 8.27. The molecule has 0 bridgehead atoms. The van der Waals surface area contributed by atoms with Gasteiger partial charge in [-0.3, -0.25) is 0 Å². The molecular formula is C23H24BrP. The Hall–Kier alpha value is -1.69. The van der Waals surface area contributed by atoms with E-state index in [-0.39, 0.29) is 17.0 Å². The highest BCUT2D eigenvalue weighted by Crippen LogP contribution is 2.56. The Kier molecular flexibility index (Phi) is 7.62. The van der Waals surface area contributed by atoms with Gasteiger partial charge in [0.2, 0.25) is 0 Å². The molecule has 25 heavy (non-hydrogen) atoms. The average molecular weight is 411 g/mol. The first-order chi connectivity index (χ1) is 11.9. The molecule has 0 spiro atoms. The second-order valence-electron chi connectivity index (χ2n) is 5.90. The van der Waals surface area contributed by atoms with E-state index < -0.39 is 7.26 Å². The summed E-state index contributed by atoms with van der Waals surface area (Å²) in [6.07, 6.45) is 4.67. The lowest BCUT2D eigenvalue weighted by molar-refractivity contribution is -0.00000471. The molecule has 0 atom stereocenters. The number of rotatable bonds is 6. The van der Waals surface area contributed by atoms with Crippen molar-refractivity contribution in [2.24, 2.45) is 0 Å². The maximum Gasteiger partial charge on any atom is 0.136 e. The van der Waals surface area contributed by atoms with Gasteiger partial charge in [0.15, 0.2) is 0 Å². The summed E-state index contributed by atoms with van der Waals surface area (Å²) in [5.74, 6) is 2.50. The Morgan fingerprint density at radius 3 is 1.32 bits per heavy atom. The number of hydrogen-bond donors (Lipinski definition) is 0. The highest BCUT2D eigenvalue weighted by molar-refractivity contribution is 7.98. The number of allylic oxidation sites excluding steroid dienone is 1. The van der Waals surface area contributed by atoms with Gasteiger partial charge in [-0.15, -0.1) is 0 Å². The highest BCUT2D eigenvalue weighted by atomic mass is 79.9. The van der Waals surface area contributed by atoms with E-state index in [9.17, 15) is 0 Å². The molecular weight excluding hydrogens is 387 g/mol. The van der Waals surface area contributed by atoms with Gasteiger partial charge < -0.3 is 17.0 Å². The summed E-state index contributed by atoms with van der Waals surface area (Å²) in [5.41, 5.74) is 0. The lowest BCUT2D eigenvalue weighted by Gasteiger charge is -2.24. The minimum Gasteiger partial charge on any atom is -1.00 e. The van der Waals surface area contributed by atoms with E-state index in [0.29, 0.717) is 0 Å². The molecule has 0 N–H and O–H groups in total. The van der Waals surface area contributed by atoms with E-state index in [0.717, 1.165) is 6.42 Å². The first-order valence-electron chi connectivity index (χ1n) is 8.61. The topological polar surface area (TPSA) is 0 Å². The van der Waals surface area contributed by atoms with Gasteiger partial charge >= 0.3 is 0 Å². The van der Waals surface area contributed by atoms with Crippen LogP contribution in [0.5, 0.6) is 0 Å². The third-order valence-electron chi connectivity index (χ3n) is 4.27. The van der Waals surface area contributed by atoms with Gasteiger partial charge in [-0.05, 0) is 48.9 Å². The molecule has 0 nitrogen and oxygen atoms in total. The molecule has 0 saturated carbocycles. The Labute approximate surface area is 162 Å². The maximum absolute atomic E-state index is 2.50. The van der Waals surface area contributed by atoms with E-state index in [1.807, 2.05) is 0 Å². The SMILES string of the molecule is CCCC=C[P+](c1ccccc1)(c1ccccc1)c1ccccc1.[Br-]. The van der Waals surface area contributed by atoms with Gasteiger partial charge in [-0.2, -0.15) is 0 Å². The molecule has 3 aromatic rings. The number of unbranched alkanes of at least 4 members (excludes halogenated alkanes) is 1. The van der Waals surface area contributed by atoms with E-state index >= 15 is 0 Å². The molecule has 0 heterocycles. The summed E-state index contributed by atoms with van der Waals surface area (Å²) >= 11 is 0. The normalized spacial score (nSPS) is 11.2. The fourth-order valence-electron chi connectivity index (χ4n) is 3.09. The van der Waals surface area contributed by atoms with Crippen LogP contribution in [-0.2, 0) is 0 Å². The van der Waals surface area contributed by atoms with Crippen molar-refractivity contribution in [1.82, 2.24) is 0 Å². The molecule has 0 saturated heterocycles. The van der Waals surface area contributed by atoms with Crippen molar-refractivity contribution in [3.8, 4) is 0 Å². The largest absolute Gasteiger partial charge is 1.00 e. The van der Waals surface area contributed by atoms with Crippen molar-refractivity contribution in [2.45, 2.75) is 19.8 Å². The smallest absolute Gasteiger partial charge is 0.136 e. The van der Waals surface area contributed by atoms with Crippen molar-refractivity contribution < 1.29 is 17.0 Å². The van der Waals surface area contributed by atoms with Crippen LogP contribution in [0.2, 0.25) is 0 Å². The lowest BCUT2D eigenvalue weighted by Crippen LogP contribution is -3.00. The van der Waals surface area contributed by atoms with Gasteiger partial charge in [-0.25, -0.2) is 0 Å². The second-order valence-corrected chi connectivity index (χ2v) is 9.20. The minimum atomic E-state index is -1.76. The molecule has 2 heteroatoms. The summed E-state index contributed by atoms with van der Waals surface area (Å²) < 4.78 is 0. The van der Waals surface area contributed by atoms with Crippen LogP contribution in [0.4, 0.5) is 0 Å². The standard InChI is InChI=1S/C23H24P.BrH/c1-2-3-13-20-24(21-14-7-4-8-15-21,22-16-9-5-10-17-22)23-18-11-6-12-19-23;/h4-20H,2-3H2,1H3;1H/q+1;/p-1. The molecule has 0 aliphatic rings. The summed E-state index contributed by atoms with van der Waals surface area (Å²) in [4.78, 5) is 0. The molecule has 0 aliphatic carbocycles. The van der Waals surface area contributed by atoms with Crippen LogP contribution in [0.25, 0.3) is 0 Å². The lowest BCUT2D eigenvalue weighted by atomic mass is 10.3. The Bertz CT molecular complexity index is 670. The van der Waals surface area contributed by atoms with Crippen LogP contribution in [0.3, 0.4) is 0 Å². The molecule has 0 aromatic heterocycles. The minimum absolute atomic E-state index is 0. The fourth-order valence-corrected chi connectivity index (χ4v) is 6.90. The Morgan fingerprint density at radius 1 is 0.640 bits per heavy atom. The second kappa shape index (κ2) is 9.70. The van der Waals surface area contributed by atoms with Crippen molar-refractivity contribution in [2.75, 3.05) is 0 Å². The maximum atomic E-state index is 2.50. The fraction of sp³-hybridized carbons (Fsp3) is 0.130. The Balaban J connectivity index is 0.00000225. The molecule has 0 unspecified atom stereocenters. The first-order valence-corrected chi connectivity index (χ1v) is 10.5. The Morgan fingerprint density at radius 2 is 1.00 bits per heavy atom. The van der Waals surface area contributed by atoms with Crippen LogP contribution >= 0.6 is 7.26 Å². The quantitative estimate of drug-likeness (QED) is 0.547. The molecule has 0 amide bonds. The van der Waals surface area contributed by atoms with Crippen LogP contribution in [-0.4, -0.2) is 0 Å². The van der Waals surface area contributed by atoms with E-state index in [1.165, 1.54) is 22.3 Å². The van der Waals surface area contributed by atoms with Crippen LogP contribution in [0, 0.1) is 0 Å². The van der Waals surface area contributed by atoms with Gasteiger partial charge in [-0.1, -0.05) is 67.9 Å². The van der Waals surface area contributed by atoms with Crippen molar-refractivity contribution in [3.05, 3.63) is 103 Å². The van der Waals surface area contributed by atoms with Gasteiger partial charge in [0.25, 0.3) is 0 Å². The van der Waals surface area contributed by atoms with E-state index in [2.05, 4.69) is 110 Å². The van der Waals surface area contributed by atoms with Crippen molar-refractivity contribution in [1.29, 1.82) is 0 Å². The number of halogens is 1. The van der Waals surface area contributed by atoms with Crippen LogP contribution in [0.15, 0.2) is 103 Å². The molecule has 0 fully saturated rings. The van der Waals surface area contributed by atoms with E-state index in [1.54, 1.807) is 0 Å². The highest BCUT2D eigenvalue weighted by Gasteiger charge is 2.42. The molecule has 3 rings (SSSR count). The predicted octanol–water partition coefficient (Wildman–Crippen LogP) is 2.30. The first kappa shape index (κ1) is 19.6. The van der Waals surface area contributed by atoms with E-state index in [4.69, 9.17) is 0 Å². The molecule has 3 aromatic carbocycles. The van der Waals surface area contributed by atoms with Crippen LogP contribution < -0.4 is 32.9 Å². The van der Waals surface area contributed by atoms with Gasteiger partial charge in [0.05, 0.1) is 5.82 Å². The molecule has 0 aliphatic heterocycles. The summed E-state index contributed by atoms with van der Waals surface area (Å²) in [6.45, 7) is 2.23. The monoisotopic (exact) mass is 410 g/mol. The third kappa shape index (κ3) is 4.29. The zero-order chi connectivity index (χ0) is 16.7. The van der Waals surface area contributed by atoms with Gasteiger partial charge in [0.1, 0.15) is 23.2 Å². The van der Waals surface area contributed by atoms with Crippen molar-refractivity contribution in [3.63, 3.8) is 0 Å². The predicted molar refractivity (Wildman–Crippen MR) is 109 cm³/mol. The summed E-state index contributed by atoms with van der Waals surface area (Å²) in [5, 5.41) is 4.24. The number of hydrogen-bond acceptors (Lipinski definition) is 0. The van der Waals surface area contributed by atoms with Crippen LogP contribution in [0.1, 0.15) is 19.8 Å². The average Bonchev–Trinajstić information content (AvgIpc) is 2.68. The summed E-state index contributed by atoms with van der Waals surface area (Å²) in [6, 6.07) is 32.9. The molecule has 128 valence electrons. The zero-order valence-corrected chi connectivity index (χ0v) is 17.0. The van der Waals surface area contributed by atoms with Crippen molar-refractivity contribution >= 4 is 23.2 Å². The van der Waals surface area contributed by atoms with Gasteiger partial charge in [0, 0.05) is 0 Å².